The molecule has 2 heterocycles. The zero-order valence-electron chi connectivity index (χ0n) is 19.2. The number of hydrogen-bond donors (Lipinski definition) is 4. The van der Waals surface area contributed by atoms with E-state index < -0.39 is 15.7 Å². The fourth-order valence-corrected chi connectivity index (χ4v) is 4.87. The second kappa shape index (κ2) is 8.76. The number of primary sulfonamides is 1. The van der Waals surface area contributed by atoms with Crippen molar-refractivity contribution >= 4 is 38.2 Å². The second-order valence-electron chi connectivity index (χ2n) is 8.57. The van der Waals surface area contributed by atoms with Crippen molar-refractivity contribution in [1.82, 2.24) is 15.8 Å². The zero-order valence-corrected chi connectivity index (χ0v) is 20.0. The molecule has 5 rings (SSSR count). The van der Waals surface area contributed by atoms with Gasteiger partial charge in [-0.1, -0.05) is 42.5 Å². The van der Waals surface area contributed by atoms with Crippen molar-refractivity contribution in [3.05, 3.63) is 96.2 Å². The molecule has 0 saturated carbocycles. The molecule has 182 valence electrons. The van der Waals surface area contributed by atoms with E-state index in [1.165, 1.54) is 6.07 Å². The summed E-state index contributed by atoms with van der Waals surface area (Å²) in [5.74, 6) is 0.0649. The molecule has 0 aliphatic carbocycles. The number of fused-ring (bicyclic) bond motifs is 1. The normalized spacial score (nSPS) is 17.4. The van der Waals surface area contributed by atoms with E-state index in [2.05, 4.69) is 15.8 Å². The summed E-state index contributed by atoms with van der Waals surface area (Å²) in [4.78, 5) is 22.8. The Balaban J connectivity index is 1.36. The lowest BCUT2D eigenvalue weighted by atomic mass is 10.0. The fraction of sp³-hybridized carbons (Fsp3) is 0.0769. The number of amides is 1. The first-order valence-corrected chi connectivity index (χ1v) is 12.5. The van der Waals surface area contributed by atoms with E-state index in [-0.39, 0.29) is 10.8 Å². The number of nitrogens with two attached hydrogens (primary N) is 2. The number of rotatable bonds is 5. The number of anilines is 1. The molecule has 1 aliphatic heterocycles. The Labute approximate surface area is 207 Å². The van der Waals surface area contributed by atoms with Crippen LogP contribution < -0.4 is 21.7 Å². The predicted molar refractivity (Wildman–Crippen MR) is 137 cm³/mol. The number of hydrogen-bond acceptors (Lipinski definition) is 7. The summed E-state index contributed by atoms with van der Waals surface area (Å²) in [7, 11) is -3.89. The van der Waals surface area contributed by atoms with Gasteiger partial charge in [0.05, 0.1) is 10.6 Å². The van der Waals surface area contributed by atoms with Crippen LogP contribution in [0.25, 0.3) is 27.6 Å². The number of nitrogens with zero attached hydrogens (tertiary/aromatic N) is 1. The van der Waals surface area contributed by atoms with Crippen LogP contribution in [0, 0.1) is 0 Å². The molecule has 1 aromatic heterocycles. The van der Waals surface area contributed by atoms with Gasteiger partial charge in [0.2, 0.25) is 10.0 Å². The first kappa shape index (κ1) is 23.5. The minimum absolute atomic E-state index is 0.0176. The van der Waals surface area contributed by atoms with E-state index in [1.807, 2.05) is 24.3 Å². The lowest BCUT2D eigenvalue weighted by Gasteiger charge is -2.21. The van der Waals surface area contributed by atoms with Gasteiger partial charge in [0.1, 0.15) is 5.82 Å². The topological polar surface area (TPSA) is 149 Å². The average Bonchev–Trinajstić information content (AvgIpc) is 3.25. The first-order chi connectivity index (χ1) is 17.1. The molecule has 36 heavy (non-hydrogen) atoms. The summed E-state index contributed by atoms with van der Waals surface area (Å²) in [6.07, 6.45) is 3.43. The van der Waals surface area contributed by atoms with Crippen molar-refractivity contribution in [3.63, 3.8) is 0 Å². The Kier molecular flexibility index (Phi) is 5.71. The third-order valence-corrected chi connectivity index (χ3v) is 6.88. The quantitative estimate of drug-likeness (QED) is 0.328. The molecule has 1 unspecified atom stereocenters. The number of carbonyl (C=O) groups excluding carboxylic acids is 1. The van der Waals surface area contributed by atoms with Gasteiger partial charge in [0.15, 0.2) is 5.72 Å². The van der Waals surface area contributed by atoms with Crippen molar-refractivity contribution in [2.75, 3.05) is 5.73 Å². The fourth-order valence-electron chi connectivity index (χ4n) is 4.11. The Hall–Kier alpha value is -4.25. The average molecular weight is 502 g/mol. The number of carbonyl (C=O) groups is 1. The number of nitrogen functional groups attached to an aromatic ring is 1. The highest BCUT2D eigenvalue weighted by molar-refractivity contribution is 7.89. The van der Waals surface area contributed by atoms with Crippen LogP contribution >= 0.6 is 0 Å². The van der Waals surface area contributed by atoms with Crippen LogP contribution in [0.2, 0.25) is 0 Å². The van der Waals surface area contributed by atoms with E-state index in [1.54, 1.807) is 61.7 Å². The van der Waals surface area contributed by atoms with Gasteiger partial charge in [0.25, 0.3) is 5.91 Å². The molecule has 4 aromatic rings. The molecule has 0 fully saturated rings. The number of pyridine rings is 1. The Morgan fingerprint density at radius 2 is 1.75 bits per heavy atom. The maximum atomic E-state index is 13.0. The smallest absolute Gasteiger partial charge is 0.253 e. The molecule has 9 nitrogen and oxygen atoms in total. The number of aromatic nitrogens is 1. The summed E-state index contributed by atoms with van der Waals surface area (Å²) in [6, 6.07) is 20.7. The largest absolute Gasteiger partial charge is 0.383 e. The SMILES string of the molecule is CC1(NC(=O)c2ccc(-c3ccccc3S(N)(=O)=O)cc2)C=C(c2ccc3ccnc(N)c3c2)NO1. The van der Waals surface area contributed by atoms with Crippen LogP contribution in [0.3, 0.4) is 0 Å². The van der Waals surface area contributed by atoms with Gasteiger partial charge in [-0.3, -0.25) is 10.3 Å². The highest BCUT2D eigenvalue weighted by Gasteiger charge is 2.32. The van der Waals surface area contributed by atoms with Crippen molar-refractivity contribution in [2.24, 2.45) is 5.14 Å². The second-order valence-corrected chi connectivity index (χ2v) is 10.1. The molecular formula is C26H23N5O4S. The standard InChI is InChI=1S/C26H23N5O4S/c1-26(15-22(31-35-26)19-11-8-17-12-13-29-24(27)21(17)14-19)30-25(32)18-9-6-16(7-10-18)20-4-2-3-5-23(20)36(28,33)34/h2-15,31H,1H3,(H2,27,29)(H,30,32)(H2,28,33,34). The highest BCUT2D eigenvalue weighted by atomic mass is 32.2. The van der Waals surface area contributed by atoms with Gasteiger partial charge in [-0.2, -0.15) is 0 Å². The summed E-state index contributed by atoms with van der Waals surface area (Å²) >= 11 is 0. The highest BCUT2D eigenvalue weighted by Crippen LogP contribution is 2.29. The maximum absolute atomic E-state index is 13.0. The minimum Gasteiger partial charge on any atom is -0.383 e. The molecule has 1 amide bonds. The molecule has 1 aliphatic rings. The predicted octanol–water partition coefficient (Wildman–Crippen LogP) is 3.15. The third-order valence-electron chi connectivity index (χ3n) is 5.91. The first-order valence-electron chi connectivity index (χ1n) is 11.0. The summed E-state index contributed by atoms with van der Waals surface area (Å²) in [5, 5.41) is 9.99. The zero-order chi connectivity index (χ0) is 25.5. The molecule has 0 spiro atoms. The van der Waals surface area contributed by atoms with Gasteiger partial charge in [-0.25, -0.2) is 23.4 Å². The lowest BCUT2D eigenvalue weighted by molar-refractivity contribution is -0.0386. The molecule has 3 aromatic carbocycles. The molecule has 1 atom stereocenters. The van der Waals surface area contributed by atoms with Crippen LogP contribution in [0.1, 0.15) is 22.8 Å². The number of nitrogens with one attached hydrogen (secondary N) is 2. The number of hydroxylamine groups is 1. The van der Waals surface area contributed by atoms with E-state index in [0.29, 0.717) is 28.2 Å². The van der Waals surface area contributed by atoms with E-state index >= 15 is 0 Å². The van der Waals surface area contributed by atoms with E-state index in [4.69, 9.17) is 15.7 Å². The monoisotopic (exact) mass is 501 g/mol. The molecule has 0 radical (unpaired) electrons. The summed E-state index contributed by atoms with van der Waals surface area (Å²) < 4.78 is 23.8. The summed E-state index contributed by atoms with van der Waals surface area (Å²) in [6.45, 7) is 1.72. The Morgan fingerprint density at radius 3 is 2.50 bits per heavy atom. The van der Waals surface area contributed by atoms with Crippen LogP contribution in [0.15, 0.2) is 90.0 Å². The van der Waals surface area contributed by atoms with Crippen LogP contribution in [-0.2, 0) is 14.9 Å². The number of benzene rings is 3. The molecule has 10 heteroatoms. The van der Waals surface area contributed by atoms with Crippen LogP contribution in [-0.4, -0.2) is 25.0 Å². The number of sulfonamides is 1. The van der Waals surface area contributed by atoms with Gasteiger partial charge in [0, 0.05) is 28.3 Å². The molecule has 0 bridgehead atoms. The van der Waals surface area contributed by atoms with Gasteiger partial charge < -0.3 is 11.1 Å². The van der Waals surface area contributed by atoms with E-state index in [9.17, 15) is 13.2 Å². The van der Waals surface area contributed by atoms with Crippen LogP contribution in [0.4, 0.5) is 5.82 Å². The van der Waals surface area contributed by atoms with Gasteiger partial charge >= 0.3 is 0 Å². The lowest BCUT2D eigenvalue weighted by Crippen LogP contribution is -2.46. The van der Waals surface area contributed by atoms with Crippen molar-refractivity contribution in [1.29, 1.82) is 0 Å². The van der Waals surface area contributed by atoms with Crippen molar-refractivity contribution in [3.8, 4) is 11.1 Å². The van der Waals surface area contributed by atoms with Gasteiger partial charge in [-0.05, 0) is 54.3 Å². The van der Waals surface area contributed by atoms with E-state index in [0.717, 1.165) is 16.3 Å². The Morgan fingerprint density at radius 1 is 1.03 bits per heavy atom. The van der Waals surface area contributed by atoms with Crippen molar-refractivity contribution in [2.45, 2.75) is 17.5 Å². The Bertz CT molecular complexity index is 1630. The van der Waals surface area contributed by atoms with Gasteiger partial charge in [-0.15, -0.1) is 0 Å². The third kappa shape index (κ3) is 4.52. The minimum atomic E-state index is -3.89. The molecule has 6 N–H and O–H groups in total. The van der Waals surface area contributed by atoms with Crippen molar-refractivity contribution < 1.29 is 18.0 Å². The molecular weight excluding hydrogens is 478 g/mol. The maximum Gasteiger partial charge on any atom is 0.253 e. The summed E-state index contributed by atoms with van der Waals surface area (Å²) in [5.41, 5.74) is 10.7. The van der Waals surface area contributed by atoms with Crippen LogP contribution in [0.5, 0.6) is 0 Å². The molecule has 0 saturated heterocycles.